The zero-order valence-corrected chi connectivity index (χ0v) is 22.1. The van der Waals surface area contributed by atoms with Crippen LogP contribution in [0.1, 0.15) is 151 Å². The summed E-state index contributed by atoms with van der Waals surface area (Å²) in [5.74, 6) is 1.41. The summed E-state index contributed by atoms with van der Waals surface area (Å²) in [5, 5.41) is 18.1. The van der Waals surface area contributed by atoms with Gasteiger partial charge in [-0.05, 0) is 43.4 Å². The lowest BCUT2D eigenvalue weighted by molar-refractivity contribution is -0.137. The molecule has 31 heavy (non-hydrogen) atoms. The molecule has 1 atom stereocenters. The second-order valence-corrected chi connectivity index (χ2v) is 10.8. The fraction of sp³-hybridized carbons (Fsp3) is 0.964. The number of carboxylic acids is 1. The van der Waals surface area contributed by atoms with Crippen LogP contribution in [-0.4, -0.2) is 22.3 Å². The Labute approximate surface area is 195 Å². The summed E-state index contributed by atoms with van der Waals surface area (Å²) in [6.45, 7) is 13.2. The Hall–Kier alpha value is -0.570. The Balaban J connectivity index is 0. The number of hydrogen-bond acceptors (Lipinski definition) is 2. The van der Waals surface area contributed by atoms with E-state index in [0.717, 1.165) is 31.1 Å². The molecular weight excluding hydrogens is 384 g/mol. The Bertz CT molecular complexity index is 363. The van der Waals surface area contributed by atoms with Crippen molar-refractivity contribution in [3.05, 3.63) is 0 Å². The van der Waals surface area contributed by atoms with Gasteiger partial charge in [-0.2, -0.15) is 0 Å². The largest absolute Gasteiger partial charge is 0.481 e. The first kappa shape index (κ1) is 32.6. The van der Waals surface area contributed by atoms with Gasteiger partial charge < -0.3 is 10.2 Å². The van der Waals surface area contributed by atoms with Crippen molar-refractivity contribution in [3.8, 4) is 0 Å². The number of unbranched alkanes of at least 4 members (excludes halogenated alkanes) is 10. The molecule has 0 radical (unpaired) electrons. The lowest BCUT2D eigenvalue weighted by Crippen LogP contribution is -2.07. The maximum Gasteiger partial charge on any atom is 0.303 e. The molecule has 0 aromatic heterocycles. The number of hydrogen-bond donors (Lipinski definition) is 2. The van der Waals surface area contributed by atoms with E-state index in [1.807, 2.05) is 13.8 Å². The quantitative estimate of drug-likeness (QED) is 0.185. The minimum atomic E-state index is -0.696. The zero-order valence-electron chi connectivity index (χ0n) is 22.1. The van der Waals surface area contributed by atoms with E-state index in [1.165, 1.54) is 83.5 Å². The Kier molecular flexibility index (Phi) is 25.3. The van der Waals surface area contributed by atoms with Crippen LogP contribution in [0.2, 0.25) is 0 Å². The van der Waals surface area contributed by atoms with Gasteiger partial charge >= 0.3 is 5.97 Å². The molecule has 0 aromatic carbocycles. The lowest BCUT2D eigenvalue weighted by atomic mass is 10.00. The number of carboxylic acid groups (broad SMARTS) is 1. The number of aliphatic hydroxyl groups excluding tert-OH is 1. The van der Waals surface area contributed by atoms with Gasteiger partial charge in [0, 0.05) is 6.42 Å². The van der Waals surface area contributed by atoms with E-state index in [9.17, 15) is 9.90 Å². The molecule has 0 bridgehead atoms. The van der Waals surface area contributed by atoms with Crippen LogP contribution < -0.4 is 0 Å². The molecule has 0 heterocycles. The normalized spacial score (nSPS) is 12.3. The van der Waals surface area contributed by atoms with Crippen molar-refractivity contribution in [2.75, 3.05) is 0 Å². The summed E-state index contributed by atoms with van der Waals surface area (Å²) < 4.78 is 0. The predicted octanol–water partition coefficient (Wildman–Crippen LogP) is 9.02. The molecule has 3 heteroatoms. The van der Waals surface area contributed by atoms with Crippen LogP contribution in [0.15, 0.2) is 0 Å². The number of aliphatic hydroxyl groups is 1. The first-order chi connectivity index (χ1) is 14.6. The van der Waals surface area contributed by atoms with Crippen LogP contribution >= 0.6 is 0 Å². The monoisotopic (exact) mass is 442 g/mol. The average molecular weight is 443 g/mol. The minimum Gasteiger partial charge on any atom is -0.481 e. The van der Waals surface area contributed by atoms with E-state index >= 15 is 0 Å². The highest BCUT2D eigenvalue weighted by atomic mass is 16.4. The fourth-order valence-corrected chi connectivity index (χ4v) is 3.61. The number of rotatable bonds is 20. The molecule has 0 aliphatic rings. The Morgan fingerprint density at radius 1 is 0.516 bits per heavy atom. The van der Waals surface area contributed by atoms with Crippen molar-refractivity contribution in [1.29, 1.82) is 0 Å². The van der Waals surface area contributed by atoms with Crippen LogP contribution in [0, 0.1) is 17.8 Å². The highest BCUT2D eigenvalue weighted by Gasteiger charge is 2.05. The van der Waals surface area contributed by atoms with E-state index in [0.29, 0.717) is 12.3 Å². The van der Waals surface area contributed by atoms with Gasteiger partial charge in [-0.15, -0.1) is 0 Å². The molecule has 0 amide bonds. The highest BCUT2D eigenvalue weighted by Crippen LogP contribution is 2.16. The summed E-state index contributed by atoms with van der Waals surface area (Å²) in [7, 11) is 0. The second kappa shape index (κ2) is 24.1. The average Bonchev–Trinajstić information content (AvgIpc) is 2.68. The van der Waals surface area contributed by atoms with Gasteiger partial charge in [0.1, 0.15) is 0 Å². The molecule has 0 aliphatic heterocycles. The van der Waals surface area contributed by atoms with Gasteiger partial charge in [0.25, 0.3) is 0 Å². The van der Waals surface area contributed by atoms with E-state index < -0.39 is 5.97 Å². The maximum absolute atomic E-state index is 9.90. The SMILES string of the molecule is CC(C)CCC(=O)O.CC(C)CCCCCCCCCCCCCC(O)CCC(C)C. The van der Waals surface area contributed by atoms with Gasteiger partial charge in [-0.25, -0.2) is 0 Å². The second-order valence-electron chi connectivity index (χ2n) is 10.8. The van der Waals surface area contributed by atoms with Crippen LogP contribution in [0.25, 0.3) is 0 Å². The van der Waals surface area contributed by atoms with Crippen molar-refractivity contribution in [2.24, 2.45) is 17.8 Å². The molecule has 0 saturated heterocycles. The summed E-state index contributed by atoms with van der Waals surface area (Å²) in [5.41, 5.74) is 0. The number of carbonyl (C=O) groups is 1. The van der Waals surface area contributed by atoms with E-state index in [1.54, 1.807) is 0 Å². The third kappa shape index (κ3) is 34.2. The van der Waals surface area contributed by atoms with Gasteiger partial charge in [-0.3, -0.25) is 4.79 Å². The molecular formula is C28H58O3. The summed E-state index contributed by atoms with van der Waals surface area (Å²) in [6.07, 6.45) is 21.0. The molecule has 3 nitrogen and oxygen atoms in total. The molecule has 0 aliphatic carbocycles. The molecule has 0 fully saturated rings. The van der Waals surface area contributed by atoms with Crippen LogP contribution in [-0.2, 0) is 4.79 Å². The summed E-state index contributed by atoms with van der Waals surface area (Å²) in [6, 6.07) is 0. The van der Waals surface area contributed by atoms with Crippen molar-refractivity contribution in [1.82, 2.24) is 0 Å². The first-order valence-electron chi connectivity index (χ1n) is 13.5. The molecule has 0 aromatic rings. The predicted molar refractivity (Wildman–Crippen MR) is 137 cm³/mol. The van der Waals surface area contributed by atoms with Gasteiger partial charge in [-0.1, -0.05) is 119 Å². The van der Waals surface area contributed by atoms with Crippen LogP contribution in [0.5, 0.6) is 0 Å². The molecule has 0 saturated carbocycles. The van der Waals surface area contributed by atoms with Crippen molar-refractivity contribution in [3.63, 3.8) is 0 Å². The molecule has 1 unspecified atom stereocenters. The molecule has 0 spiro atoms. The van der Waals surface area contributed by atoms with E-state index in [2.05, 4.69) is 27.7 Å². The Morgan fingerprint density at radius 2 is 0.871 bits per heavy atom. The summed E-state index contributed by atoms with van der Waals surface area (Å²) >= 11 is 0. The van der Waals surface area contributed by atoms with Gasteiger partial charge in [0.05, 0.1) is 6.10 Å². The number of aliphatic carboxylic acids is 1. The van der Waals surface area contributed by atoms with Gasteiger partial charge in [0.2, 0.25) is 0 Å². The Morgan fingerprint density at radius 3 is 1.19 bits per heavy atom. The minimum absolute atomic E-state index is 0.0481. The highest BCUT2D eigenvalue weighted by molar-refractivity contribution is 5.66. The fourth-order valence-electron chi connectivity index (χ4n) is 3.61. The van der Waals surface area contributed by atoms with E-state index in [4.69, 9.17) is 5.11 Å². The molecule has 2 N–H and O–H groups in total. The van der Waals surface area contributed by atoms with Crippen molar-refractivity contribution in [2.45, 2.75) is 157 Å². The third-order valence-electron chi connectivity index (χ3n) is 5.83. The molecule has 0 rings (SSSR count). The zero-order chi connectivity index (χ0) is 23.9. The standard InChI is InChI=1S/C22H46O.C6H12O2/c1-20(2)16-14-12-10-8-6-5-7-9-11-13-15-17-22(23)19-18-21(3)4;1-5(2)3-4-6(7)8/h20-23H,5-19H2,1-4H3;5H,3-4H2,1-2H3,(H,7,8). The van der Waals surface area contributed by atoms with Crippen molar-refractivity contribution < 1.29 is 15.0 Å². The van der Waals surface area contributed by atoms with Crippen molar-refractivity contribution >= 4 is 5.97 Å². The smallest absolute Gasteiger partial charge is 0.303 e. The summed E-state index contributed by atoms with van der Waals surface area (Å²) in [4.78, 5) is 9.90. The maximum atomic E-state index is 9.90. The first-order valence-corrected chi connectivity index (χ1v) is 13.5. The topological polar surface area (TPSA) is 57.5 Å². The van der Waals surface area contributed by atoms with Crippen LogP contribution in [0.4, 0.5) is 0 Å². The lowest BCUT2D eigenvalue weighted by Gasteiger charge is -2.11. The van der Waals surface area contributed by atoms with Crippen LogP contribution in [0.3, 0.4) is 0 Å². The van der Waals surface area contributed by atoms with Gasteiger partial charge in [0.15, 0.2) is 0 Å². The third-order valence-corrected chi connectivity index (χ3v) is 5.83. The van der Waals surface area contributed by atoms with E-state index in [-0.39, 0.29) is 6.10 Å². The molecule has 188 valence electrons.